The molecule has 0 aromatic heterocycles. The van der Waals surface area contributed by atoms with Crippen molar-refractivity contribution in [1.29, 1.82) is 0 Å². The monoisotopic (exact) mass is 184 g/mol. The number of rotatable bonds is 3. The second-order valence-corrected chi connectivity index (χ2v) is 4.64. The van der Waals surface area contributed by atoms with Gasteiger partial charge in [-0.05, 0) is 12.6 Å². The third-order valence-corrected chi connectivity index (χ3v) is 3.28. The van der Waals surface area contributed by atoms with E-state index in [0.29, 0.717) is 0 Å². The van der Waals surface area contributed by atoms with Gasteiger partial charge in [0.2, 0.25) is 10.5 Å². The Bertz CT molecular complexity index is 95.0. The molecule has 0 spiro atoms. The molecule has 0 N–H and O–H groups in total. The zero-order valence-electron chi connectivity index (χ0n) is 5.46. The standard InChI is InChI=1S/C4H7F3OSi2/c1-10(8-9)3-2-4(5,6)7/h2-3H2,1H3. The molecular weight excluding hydrogens is 177 g/mol. The number of halogens is 3. The minimum Gasteiger partial charge on any atom is -0.457 e. The molecule has 0 atom stereocenters. The number of hydrogen-bond donors (Lipinski definition) is 0. The molecule has 0 aliphatic rings. The smallest absolute Gasteiger partial charge is 0.388 e. The van der Waals surface area contributed by atoms with Crippen molar-refractivity contribution in [3.63, 3.8) is 0 Å². The van der Waals surface area contributed by atoms with E-state index < -0.39 is 21.6 Å². The molecule has 58 valence electrons. The fourth-order valence-electron chi connectivity index (χ4n) is 0.369. The van der Waals surface area contributed by atoms with Gasteiger partial charge >= 0.3 is 6.18 Å². The minimum atomic E-state index is -4.04. The summed E-state index contributed by atoms with van der Waals surface area (Å²) in [5.41, 5.74) is 0. The fourth-order valence-corrected chi connectivity index (χ4v) is 1.41. The zero-order chi connectivity index (χ0) is 8.20. The van der Waals surface area contributed by atoms with Crippen molar-refractivity contribution in [2.75, 3.05) is 0 Å². The molecule has 0 saturated heterocycles. The van der Waals surface area contributed by atoms with Crippen LogP contribution in [0, 0.1) is 0 Å². The van der Waals surface area contributed by atoms with Crippen LogP contribution >= 0.6 is 0 Å². The lowest BCUT2D eigenvalue weighted by Gasteiger charge is -2.08. The van der Waals surface area contributed by atoms with E-state index in [-0.39, 0.29) is 6.04 Å². The summed E-state index contributed by atoms with van der Waals surface area (Å²) in [7, 11) is 1.44. The summed E-state index contributed by atoms with van der Waals surface area (Å²) in [5, 5.41) is 0. The summed E-state index contributed by atoms with van der Waals surface area (Å²) in [6.07, 6.45) is -4.79. The van der Waals surface area contributed by atoms with Gasteiger partial charge in [-0.1, -0.05) is 0 Å². The molecule has 6 heteroatoms. The molecule has 0 heterocycles. The normalized spacial score (nSPS) is 12.6. The van der Waals surface area contributed by atoms with Crippen LogP contribution in [0.2, 0.25) is 12.6 Å². The second-order valence-electron chi connectivity index (χ2n) is 1.92. The molecule has 0 rings (SSSR count). The van der Waals surface area contributed by atoms with Crippen molar-refractivity contribution in [2.24, 2.45) is 0 Å². The summed E-state index contributed by atoms with van der Waals surface area (Å²) in [5.74, 6) is 0. The van der Waals surface area contributed by atoms with E-state index in [0.717, 1.165) is 0 Å². The van der Waals surface area contributed by atoms with Gasteiger partial charge < -0.3 is 4.12 Å². The lowest BCUT2D eigenvalue weighted by atomic mass is 10.5. The van der Waals surface area contributed by atoms with Crippen molar-refractivity contribution in [2.45, 2.75) is 25.2 Å². The van der Waals surface area contributed by atoms with Crippen molar-refractivity contribution in [1.82, 2.24) is 0 Å². The van der Waals surface area contributed by atoms with Crippen LogP contribution in [0.5, 0.6) is 0 Å². The van der Waals surface area contributed by atoms with Gasteiger partial charge in [0.15, 0.2) is 9.04 Å². The van der Waals surface area contributed by atoms with Gasteiger partial charge in [0, 0.05) is 6.42 Å². The third-order valence-electron chi connectivity index (χ3n) is 0.935. The molecule has 4 radical (unpaired) electrons. The summed E-state index contributed by atoms with van der Waals surface area (Å²) in [6.45, 7) is 1.67. The van der Waals surface area contributed by atoms with Crippen molar-refractivity contribution < 1.29 is 17.3 Å². The predicted molar refractivity (Wildman–Crippen MR) is 33.9 cm³/mol. The Morgan fingerprint density at radius 1 is 1.50 bits per heavy atom. The molecule has 0 fully saturated rings. The SMILES string of the molecule is C[Si](CCC(F)(F)F)O[Si]. The first-order chi connectivity index (χ1) is 4.45. The summed E-state index contributed by atoms with van der Waals surface area (Å²) < 4.78 is 39.0. The first-order valence-corrected chi connectivity index (χ1v) is 5.21. The topological polar surface area (TPSA) is 9.23 Å². The van der Waals surface area contributed by atoms with Gasteiger partial charge in [0.1, 0.15) is 0 Å². The van der Waals surface area contributed by atoms with Gasteiger partial charge in [0.05, 0.1) is 0 Å². The Labute approximate surface area is 62.8 Å². The van der Waals surface area contributed by atoms with Crippen LogP contribution < -0.4 is 0 Å². The van der Waals surface area contributed by atoms with E-state index in [1.807, 2.05) is 0 Å². The maximum atomic E-state index is 11.5. The van der Waals surface area contributed by atoms with Crippen molar-refractivity contribution in [3.8, 4) is 0 Å². The van der Waals surface area contributed by atoms with E-state index in [1.165, 1.54) is 0 Å². The number of alkyl halides is 3. The van der Waals surface area contributed by atoms with Gasteiger partial charge in [-0.3, -0.25) is 0 Å². The average Bonchev–Trinajstić information content (AvgIpc) is 1.81. The van der Waals surface area contributed by atoms with Crippen molar-refractivity contribution in [3.05, 3.63) is 0 Å². The first-order valence-electron chi connectivity index (χ1n) is 2.68. The highest BCUT2D eigenvalue weighted by Crippen LogP contribution is 2.22. The molecule has 1 nitrogen and oxygen atoms in total. The Balaban J connectivity index is 3.36. The van der Waals surface area contributed by atoms with Gasteiger partial charge in [-0.25, -0.2) is 0 Å². The third kappa shape index (κ3) is 6.31. The van der Waals surface area contributed by atoms with Crippen LogP contribution in [-0.2, 0) is 4.12 Å². The molecule has 0 aromatic carbocycles. The molecular formula is C4H7F3OSi2. The Morgan fingerprint density at radius 3 is 2.30 bits per heavy atom. The lowest BCUT2D eigenvalue weighted by Crippen LogP contribution is -2.16. The van der Waals surface area contributed by atoms with Crippen LogP contribution in [0.4, 0.5) is 13.2 Å². The van der Waals surface area contributed by atoms with E-state index in [2.05, 4.69) is 14.6 Å². The van der Waals surface area contributed by atoms with E-state index in [4.69, 9.17) is 0 Å². The highest BCUT2D eigenvalue weighted by Gasteiger charge is 2.27. The fraction of sp³-hybridized carbons (Fsp3) is 1.00. The highest BCUT2D eigenvalue weighted by molar-refractivity contribution is 6.54. The first kappa shape index (κ1) is 10.2. The maximum Gasteiger partial charge on any atom is 0.388 e. The molecule has 0 aromatic rings. The summed E-state index contributed by atoms with van der Waals surface area (Å²) in [4.78, 5) is 0. The van der Waals surface area contributed by atoms with Crippen molar-refractivity contribution >= 4 is 19.5 Å². The molecule has 0 aliphatic heterocycles. The molecule has 0 unspecified atom stereocenters. The van der Waals surface area contributed by atoms with Crippen LogP contribution in [0.1, 0.15) is 6.42 Å². The molecule has 0 saturated carbocycles. The molecule has 0 bridgehead atoms. The maximum absolute atomic E-state index is 11.5. The van der Waals surface area contributed by atoms with Crippen LogP contribution in [0.3, 0.4) is 0 Å². The van der Waals surface area contributed by atoms with Gasteiger partial charge in [-0.15, -0.1) is 0 Å². The number of hydrogen-bond acceptors (Lipinski definition) is 1. The highest BCUT2D eigenvalue weighted by atomic mass is 28.3. The summed E-state index contributed by atoms with van der Waals surface area (Å²) in [6, 6.07) is 0.0949. The van der Waals surface area contributed by atoms with E-state index in [9.17, 15) is 13.2 Å². The Hall–Kier alpha value is 0.184. The van der Waals surface area contributed by atoms with E-state index >= 15 is 0 Å². The average molecular weight is 184 g/mol. The van der Waals surface area contributed by atoms with E-state index in [1.54, 1.807) is 6.55 Å². The molecule has 0 aliphatic carbocycles. The Morgan fingerprint density at radius 2 is 2.00 bits per heavy atom. The summed E-state index contributed by atoms with van der Waals surface area (Å²) >= 11 is 0. The van der Waals surface area contributed by atoms with Crippen LogP contribution in [0.25, 0.3) is 0 Å². The minimum absolute atomic E-state index is 0.0949. The second kappa shape index (κ2) is 4.14. The zero-order valence-corrected chi connectivity index (χ0v) is 7.46. The molecule has 0 amide bonds. The Kier molecular flexibility index (Phi) is 4.22. The van der Waals surface area contributed by atoms with Crippen LogP contribution in [0.15, 0.2) is 0 Å². The molecule has 10 heavy (non-hydrogen) atoms. The largest absolute Gasteiger partial charge is 0.457 e. The lowest BCUT2D eigenvalue weighted by molar-refractivity contribution is -0.130. The van der Waals surface area contributed by atoms with Gasteiger partial charge in [-0.2, -0.15) is 13.2 Å². The predicted octanol–water partition coefficient (Wildman–Crippen LogP) is 1.66. The van der Waals surface area contributed by atoms with Gasteiger partial charge in [0.25, 0.3) is 0 Å². The quantitative estimate of drug-likeness (QED) is 0.606. The van der Waals surface area contributed by atoms with Crippen LogP contribution in [-0.4, -0.2) is 25.7 Å².